The van der Waals surface area contributed by atoms with Gasteiger partial charge < -0.3 is 9.30 Å². The molecule has 2 aromatic heterocycles. The lowest BCUT2D eigenvalue weighted by Crippen LogP contribution is -2.20. The molecule has 3 atom stereocenters. The SMILES string of the molecule is COc1ncnc2c1nc(C(C)Cl)n2C1CCCC(C)C1. The molecule has 2 heterocycles. The molecule has 0 spiro atoms. The molecule has 3 unspecified atom stereocenters. The highest BCUT2D eigenvalue weighted by molar-refractivity contribution is 6.20. The van der Waals surface area contributed by atoms with Gasteiger partial charge in [-0.05, 0) is 25.7 Å². The van der Waals surface area contributed by atoms with Crippen LogP contribution in [0.1, 0.15) is 56.8 Å². The molecule has 114 valence electrons. The first kappa shape index (κ1) is 14.6. The van der Waals surface area contributed by atoms with E-state index in [-0.39, 0.29) is 5.38 Å². The highest BCUT2D eigenvalue weighted by Crippen LogP contribution is 2.38. The summed E-state index contributed by atoms with van der Waals surface area (Å²) in [7, 11) is 1.60. The topological polar surface area (TPSA) is 52.8 Å². The van der Waals surface area contributed by atoms with Crippen molar-refractivity contribution in [2.75, 3.05) is 7.11 Å². The van der Waals surface area contributed by atoms with Gasteiger partial charge in [-0.25, -0.2) is 9.97 Å². The second-order valence-electron chi connectivity index (χ2n) is 5.94. The fourth-order valence-corrected chi connectivity index (χ4v) is 3.49. The van der Waals surface area contributed by atoms with E-state index in [4.69, 9.17) is 16.3 Å². The van der Waals surface area contributed by atoms with Crippen LogP contribution in [0, 0.1) is 5.92 Å². The fourth-order valence-electron chi connectivity index (χ4n) is 3.33. The monoisotopic (exact) mass is 308 g/mol. The predicted molar refractivity (Wildman–Crippen MR) is 82.8 cm³/mol. The van der Waals surface area contributed by atoms with Crippen LogP contribution >= 0.6 is 11.6 Å². The number of hydrogen-bond acceptors (Lipinski definition) is 4. The number of rotatable bonds is 3. The number of aromatic nitrogens is 4. The lowest BCUT2D eigenvalue weighted by atomic mass is 9.87. The van der Waals surface area contributed by atoms with Crippen LogP contribution in [0.2, 0.25) is 0 Å². The van der Waals surface area contributed by atoms with Crippen molar-refractivity contribution < 1.29 is 4.74 Å². The van der Waals surface area contributed by atoms with E-state index in [1.54, 1.807) is 7.11 Å². The second kappa shape index (κ2) is 5.79. The van der Waals surface area contributed by atoms with Crippen molar-refractivity contribution in [1.82, 2.24) is 19.5 Å². The molecule has 0 N–H and O–H groups in total. The number of methoxy groups -OCH3 is 1. The minimum atomic E-state index is -0.166. The molecule has 1 aliphatic rings. The number of hydrogen-bond donors (Lipinski definition) is 0. The van der Waals surface area contributed by atoms with Gasteiger partial charge >= 0.3 is 0 Å². The summed E-state index contributed by atoms with van der Waals surface area (Å²) < 4.78 is 7.53. The van der Waals surface area contributed by atoms with Crippen LogP contribution in [-0.4, -0.2) is 26.6 Å². The molecule has 5 nitrogen and oxygen atoms in total. The second-order valence-corrected chi connectivity index (χ2v) is 6.59. The van der Waals surface area contributed by atoms with Crippen LogP contribution in [0.25, 0.3) is 11.2 Å². The molecular weight excluding hydrogens is 288 g/mol. The third kappa shape index (κ3) is 2.59. The number of alkyl halides is 1. The standard InChI is InChI=1S/C15H21ClN4O/c1-9-5-4-6-11(7-9)20-13(10(2)16)19-12-14(20)17-8-18-15(12)21-3/h8-11H,4-7H2,1-3H3. The quantitative estimate of drug-likeness (QED) is 0.807. The van der Waals surface area contributed by atoms with Crippen LogP contribution in [0.4, 0.5) is 0 Å². The van der Waals surface area contributed by atoms with Gasteiger partial charge in [-0.2, -0.15) is 4.98 Å². The van der Waals surface area contributed by atoms with E-state index >= 15 is 0 Å². The van der Waals surface area contributed by atoms with Crippen molar-refractivity contribution in [3.05, 3.63) is 12.2 Å². The third-order valence-corrected chi connectivity index (χ3v) is 4.49. The molecule has 1 fully saturated rings. The van der Waals surface area contributed by atoms with E-state index in [2.05, 4.69) is 26.4 Å². The maximum Gasteiger partial charge on any atom is 0.245 e. The van der Waals surface area contributed by atoms with E-state index in [0.717, 1.165) is 30.2 Å². The zero-order chi connectivity index (χ0) is 15.0. The van der Waals surface area contributed by atoms with Crippen molar-refractivity contribution in [3.8, 4) is 5.88 Å². The van der Waals surface area contributed by atoms with Crippen molar-refractivity contribution >= 4 is 22.8 Å². The Morgan fingerprint density at radius 3 is 2.86 bits per heavy atom. The van der Waals surface area contributed by atoms with E-state index < -0.39 is 0 Å². The molecule has 0 radical (unpaired) electrons. The van der Waals surface area contributed by atoms with Gasteiger partial charge in [-0.15, -0.1) is 11.6 Å². The van der Waals surface area contributed by atoms with Crippen molar-refractivity contribution in [2.45, 2.75) is 50.9 Å². The Balaban J connectivity index is 2.16. The molecule has 3 rings (SSSR count). The molecule has 0 amide bonds. The largest absolute Gasteiger partial charge is 0.479 e. The number of ether oxygens (including phenoxy) is 1. The maximum absolute atomic E-state index is 6.36. The molecule has 6 heteroatoms. The Morgan fingerprint density at radius 1 is 1.38 bits per heavy atom. The van der Waals surface area contributed by atoms with Crippen LogP contribution in [0.3, 0.4) is 0 Å². The van der Waals surface area contributed by atoms with Crippen molar-refractivity contribution in [1.29, 1.82) is 0 Å². The minimum Gasteiger partial charge on any atom is -0.479 e. The number of nitrogens with zero attached hydrogens (tertiary/aromatic N) is 4. The van der Waals surface area contributed by atoms with Crippen molar-refractivity contribution in [2.24, 2.45) is 5.92 Å². The van der Waals surface area contributed by atoms with Crippen LogP contribution < -0.4 is 4.74 Å². The minimum absolute atomic E-state index is 0.166. The molecule has 21 heavy (non-hydrogen) atoms. The molecular formula is C15H21ClN4O. The summed E-state index contributed by atoms with van der Waals surface area (Å²) in [6.07, 6.45) is 6.37. The average molecular weight is 309 g/mol. The van der Waals surface area contributed by atoms with E-state index in [1.807, 2.05) is 6.92 Å². The van der Waals surface area contributed by atoms with E-state index in [9.17, 15) is 0 Å². The molecule has 0 aromatic carbocycles. The lowest BCUT2D eigenvalue weighted by molar-refractivity contribution is 0.281. The third-order valence-electron chi connectivity index (χ3n) is 4.29. The smallest absolute Gasteiger partial charge is 0.245 e. The van der Waals surface area contributed by atoms with Gasteiger partial charge in [0.15, 0.2) is 11.2 Å². The highest BCUT2D eigenvalue weighted by atomic mass is 35.5. The van der Waals surface area contributed by atoms with Crippen molar-refractivity contribution in [3.63, 3.8) is 0 Å². The molecule has 0 aliphatic heterocycles. The highest BCUT2D eigenvalue weighted by Gasteiger charge is 2.27. The first-order valence-corrected chi connectivity index (χ1v) is 7.96. The Labute approximate surface area is 129 Å². The summed E-state index contributed by atoms with van der Waals surface area (Å²) in [6, 6.07) is 0.412. The Hall–Kier alpha value is -1.36. The van der Waals surface area contributed by atoms with Gasteiger partial charge in [-0.3, -0.25) is 0 Å². The first-order valence-electron chi connectivity index (χ1n) is 7.52. The molecule has 1 aliphatic carbocycles. The van der Waals surface area contributed by atoms with Crippen LogP contribution in [0.5, 0.6) is 5.88 Å². The maximum atomic E-state index is 6.36. The summed E-state index contributed by atoms with van der Waals surface area (Å²) in [4.78, 5) is 13.3. The zero-order valence-corrected chi connectivity index (χ0v) is 13.5. The lowest BCUT2D eigenvalue weighted by Gasteiger charge is -2.29. The van der Waals surface area contributed by atoms with Gasteiger partial charge in [0.25, 0.3) is 0 Å². The molecule has 2 aromatic rings. The Bertz CT molecular complexity index is 640. The normalized spacial score (nSPS) is 24.2. The summed E-state index contributed by atoms with van der Waals surface area (Å²) in [5, 5.41) is -0.166. The van der Waals surface area contributed by atoms with E-state index in [0.29, 0.717) is 17.4 Å². The van der Waals surface area contributed by atoms with Gasteiger partial charge in [-0.1, -0.05) is 19.8 Å². The van der Waals surface area contributed by atoms with Gasteiger partial charge in [0, 0.05) is 6.04 Å². The Kier molecular flexibility index (Phi) is 4.02. The molecule has 1 saturated carbocycles. The van der Waals surface area contributed by atoms with Gasteiger partial charge in [0.2, 0.25) is 5.88 Å². The Morgan fingerprint density at radius 2 is 2.19 bits per heavy atom. The molecule has 0 saturated heterocycles. The summed E-state index contributed by atoms with van der Waals surface area (Å²) in [5.74, 6) is 2.11. The number of fused-ring (bicyclic) bond motifs is 1. The number of imidazole rings is 1. The summed E-state index contributed by atoms with van der Waals surface area (Å²) >= 11 is 6.36. The fraction of sp³-hybridized carbons (Fsp3) is 0.667. The summed E-state index contributed by atoms with van der Waals surface area (Å²) in [5.41, 5.74) is 1.55. The van der Waals surface area contributed by atoms with Crippen LogP contribution in [0.15, 0.2) is 6.33 Å². The first-order chi connectivity index (χ1) is 10.1. The van der Waals surface area contributed by atoms with Gasteiger partial charge in [0.1, 0.15) is 12.2 Å². The summed E-state index contributed by atoms with van der Waals surface area (Å²) in [6.45, 7) is 4.26. The number of halogens is 1. The predicted octanol–water partition coefficient (Wildman–Crippen LogP) is 3.89. The zero-order valence-electron chi connectivity index (χ0n) is 12.7. The average Bonchev–Trinajstić information content (AvgIpc) is 2.86. The van der Waals surface area contributed by atoms with Crippen LogP contribution in [-0.2, 0) is 0 Å². The molecule has 0 bridgehead atoms. The van der Waals surface area contributed by atoms with Gasteiger partial charge in [0.05, 0.1) is 12.5 Å². The van der Waals surface area contributed by atoms with E-state index in [1.165, 1.54) is 19.2 Å².